The highest BCUT2D eigenvalue weighted by Crippen LogP contribution is 2.25. The lowest BCUT2D eigenvalue weighted by Gasteiger charge is -2.34. The van der Waals surface area contributed by atoms with Crippen molar-refractivity contribution in [2.24, 2.45) is 0 Å². The third-order valence-electron chi connectivity index (χ3n) is 5.30. The molecule has 1 fully saturated rings. The fourth-order valence-electron chi connectivity index (χ4n) is 3.66. The fraction of sp³-hybridized carbons (Fsp3) is 0.286. The molecule has 0 saturated carbocycles. The summed E-state index contributed by atoms with van der Waals surface area (Å²) in [5.41, 5.74) is 3.34. The highest BCUT2D eigenvalue weighted by atomic mass is 16.4. The number of anilines is 1. The molecule has 0 radical (unpaired) electrons. The molecule has 1 aliphatic rings. The quantitative estimate of drug-likeness (QED) is 0.502. The summed E-state index contributed by atoms with van der Waals surface area (Å²) in [4.78, 5) is 26.1. The number of hydrogen-bond acceptors (Lipinski definition) is 6. The molecule has 0 bridgehead atoms. The van der Waals surface area contributed by atoms with Crippen molar-refractivity contribution in [2.75, 3.05) is 38.1 Å². The average molecular weight is 375 g/mol. The SMILES string of the molecule is Cc1cnc2nc(-c3cc4ccc(N5CCN(C)CC5)cc4oc3=O)cn2c1. The maximum Gasteiger partial charge on any atom is 0.345 e. The van der Waals surface area contributed by atoms with Gasteiger partial charge in [-0.15, -0.1) is 0 Å². The minimum absolute atomic E-state index is 0.386. The zero-order valence-electron chi connectivity index (χ0n) is 15.9. The maximum atomic E-state index is 12.7. The van der Waals surface area contributed by atoms with Gasteiger partial charge < -0.3 is 14.2 Å². The predicted molar refractivity (Wildman–Crippen MR) is 109 cm³/mol. The van der Waals surface area contributed by atoms with E-state index in [0.717, 1.165) is 42.8 Å². The summed E-state index contributed by atoms with van der Waals surface area (Å²) >= 11 is 0. The maximum absolute atomic E-state index is 12.7. The first-order valence-electron chi connectivity index (χ1n) is 9.40. The molecule has 7 heteroatoms. The predicted octanol–water partition coefficient (Wildman–Crippen LogP) is 2.56. The molecule has 5 rings (SSSR count). The highest BCUT2D eigenvalue weighted by Gasteiger charge is 2.16. The molecule has 0 aliphatic carbocycles. The number of hydrogen-bond donors (Lipinski definition) is 0. The number of aryl methyl sites for hydroxylation is 1. The molecular weight excluding hydrogens is 354 g/mol. The molecule has 4 heterocycles. The van der Waals surface area contributed by atoms with E-state index in [2.05, 4.69) is 32.9 Å². The van der Waals surface area contributed by atoms with E-state index in [1.54, 1.807) is 6.20 Å². The summed E-state index contributed by atoms with van der Waals surface area (Å²) in [6.07, 6.45) is 5.50. The van der Waals surface area contributed by atoms with Gasteiger partial charge in [0.15, 0.2) is 0 Å². The lowest BCUT2D eigenvalue weighted by molar-refractivity contribution is 0.313. The van der Waals surface area contributed by atoms with Crippen molar-refractivity contribution in [3.05, 3.63) is 58.8 Å². The van der Waals surface area contributed by atoms with Crippen LogP contribution < -0.4 is 10.5 Å². The van der Waals surface area contributed by atoms with Crippen LogP contribution in [0.4, 0.5) is 5.69 Å². The standard InChI is InChI=1S/C21H21N5O2/c1-14-11-22-21-23-18(13-26(21)12-14)17-9-15-3-4-16(10-19(15)28-20(17)27)25-7-5-24(2)6-8-25/h3-4,9-13H,5-8H2,1-2H3. The van der Waals surface area contributed by atoms with Gasteiger partial charge in [0.1, 0.15) is 5.58 Å². The largest absolute Gasteiger partial charge is 0.422 e. The van der Waals surface area contributed by atoms with Crippen molar-refractivity contribution in [1.82, 2.24) is 19.3 Å². The van der Waals surface area contributed by atoms with Crippen LogP contribution in [-0.2, 0) is 0 Å². The fourth-order valence-corrected chi connectivity index (χ4v) is 3.66. The number of fused-ring (bicyclic) bond motifs is 2. The summed E-state index contributed by atoms with van der Waals surface area (Å²) in [6.45, 7) is 5.97. The molecule has 0 unspecified atom stereocenters. The molecule has 0 amide bonds. The Morgan fingerprint density at radius 1 is 1.07 bits per heavy atom. The van der Waals surface area contributed by atoms with E-state index in [0.29, 0.717) is 22.6 Å². The first-order valence-corrected chi connectivity index (χ1v) is 9.40. The van der Waals surface area contributed by atoms with Gasteiger partial charge in [0.2, 0.25) is 5.78 Å². The first kappa shape index (κ1) is 16.9. The van der Waals surface area contributed by atoms with Crippen LogP contribution in [0.2, 0.25) is 0 Å². The molecule has 142 valence electrons. The second kappa shape index (κ2) is 6.45. The summed E-state index contributed by atoms with van der Waals surface area (Å²) in [5, 5.41) is 0.883. The molecule has 0 spiro atoms. The zero-order chi connectivity index (χ0) is 19.3. The molecule has 0 atom stereocenters. The monoisotopic (exact) mass is 375 g/mol. The minimum atomic E-state index is -0.386. The highest BCUT2D eigenvalue weighted by molar-refractivity contribution is 5.84. The van der Waals surface area contributed by atoms with E-state index >= 15 is 0 Å². The topological polar surface area (TPSA) is 66.9 Å². The zero-order valence-corrected chi connectivity index (χ0v) is 15.9. The number of likely N-dealkylation sites (N-methyl/N-ethyl adjacent to an activating group) is 1. The average Bonchev–Trinajstić information content (AvgIpc) is 3.10. The minimum Gasteiger partial charge on any atom is -0.422 e. The van der Waals surface area contributed by atoms with Crippen LogP contribution in [-0.4, -0.2) is 52.5 Å². The van der Waals surface area contributed by atoms with Crippen molar-refractivity contribution >= 4 is 22.4 Å². The lowest BCUT2D eigenvalue weighted by atomic mass is 10.1. The van der Waals surface area contributed by atoms with Crippen LogP contribution in [0, 0.1) is 6.92 Å². The number of rotatable bonds is 2. The molecule has 1 aromatic carbocycles. The van der Waals surface area contributed by atoms with Gasteiger partial charge in [0.05, 0.1) is 11.3 Å². The van der Waals surface area contributed by atoms with Crippen LogP contribution in [0.15, 0.2) is 52.1 Å². The number of nitrogens with zero attached hydrogens (tertiary/aromatic N) is 5. The Balaban J connectivity index is 1.55. The van der Waals surface area contributed by atoms with Crippen LogP contribution in [0.3, 0.4) is 0 Å². The van der Waals surface area contributed by atoms with Crippen LogP contribution in [0.1, 0.15) is 5.56 Å². The van der Waals surface area contributed by atoms with E-state index in [9.17, 15) is 4.79 Å². The van der Waals surface area contributed by atoms with Crippen molar-refractivity contribution in [2.45, 2.75) is 6.92 Å². The van der Waals surface area contributed by atoms with Crippen molar-refractivity contribution in [1.29, 1.82) is 0 Å². The van der Waals surface area contributed by atoms with Gasteiger partial charge in [-0.2, -0.15) is 0 Å². The smallest absolute Gasteiger partial charge is 0.345 e. The molecule has 3 aromatic heterocycles. The van der Waals surface area contributed by atoms with Crippen molar-refractivity contribution < 1.29 is 4.42 Å². The molecule has 28 heavy (non-hydrogen) atoms. The third-order valence-corrected chi connectivity index (χ3v) is 5.30. The van der Waals surface area contributed by atoms with E-state index < -0.39 is 0 Å². The molecule has 1 saturated heterocycles. The molecule has 0 N–H and O–H groups in total. The normalized spacial score (nSPS) is 15.6. The second-order valence-electron chi connectivity index (χ2n) is 7.42. The van der Waals surface area contributed by atoms with E-state index in [1.807, 2.05) is 41.9 Å². The second-order valence-corrected chi connectivity index (χ2v) is 7.42. The molecule has 7 nitrogen and oxygen atoms in total. The number of imidazole rings is 1. The summed E-state index contributed by atoms with van der Waals surface area (Å²) in [7, 11) is 2.13. The molecule has 1 aliphatic heterocycles. The Labute approximate surface area is 161 Å². The van der Waals surface area contributed by atoms with Crippen molar-refractivity contribution in [3.8, 4) is 11.3 Å². The summed E-state index contributed by atoms with van der Waals surface area (Å²) in [5.74, 6) is 0.561. The van der Waals surface area contributed by atoms with Gasteiger partial charge in [0.25, 0.3) is 0 Å². The van der Waals surface area contributed by atoms with Crippen LogP contribution in [0.5, 0.6) is 0 Å². The number of aromatic nitrogens is 3. The number of benzene rings is 1. The van der Waals surface area contributed by atoms with Crippen LogP contribution >= 0.6 is 0 Å². The van der Waals surface area contributed by atoms with E-state index in [1.165, 1.54) is 0 Å². The Morgan fingerprint density at radius 2 is 1.89 bits per heavy atom. The van der Waals surface area contributed by atoms with E-state index in [4.69, 9.17) is 4.42 Å². The lowest BCUT2D eigenvalue weighted by Crippen LogP contribution is -2.44. The Morgan fingerprint density at radius 3 is 2.71 bits per heavy atom. The first-order chi connectivity index (χ1) is 13.6. The third kappa shape index (κ3) is 2.93. The van der Waals surface area contributed by atoms with E-state index in [-0.39, 0.29) is 5.63 Å². The Bertz CT molecular complexity index is 1230. The molecular formula is C21H21N5O2. The van der Waals surface area contributed by atoms with Crippen LogP contribution in [0.25, 0.3) is 28.0 Å². The Hall–Kier alpha value is -3.19. The van der Waals surface area contributed by atoms with Gasteiger partial charge in [-0.1, -0.05) is 0 Å². The van der Waals surface area contributed by atoms with Gasteiger partial charge >= 0.3 is 5.63 Å². The van der Waals surface area contributed by atoms with Crippen molar-refractivity contribution in [3.63, 3.8) is 0 Å². The molecule has 4 aromatic rings. The summed E-state index contributed by atoms with van der Waals surface area (Å²) < 4.78 is 7.48. The van der Waals surface area contributed by atoms with Gasteiger partial charge in [-0.05, 0) is 37.7 Å². The summed E-state index contributed by atoms with van der Waals surface area (Å²) in [6, 6.07) is 7.91. The Kier molecular flexibility index (Phi) is 3.91. The van der Waals surface area contributed by atoms with Gasteiger partial charge in [0, 0.05) is 61.9 Å². The van der Waals surface area contributed by atoms with Gasteiger partial charge in [-0.3, -0.25) is 4.40 Å². The van der Waals surface area contributed by atoms with Gasteiger partial charge in [-0.25, -0.2) is 14.8 Å². The number of piperazine rings is 1.